The maximum absolute atomic E-state index is 11.5. The summed E-state index contributed by atoms with van der Waals surface area (Å²) in [6, 6.07) is 0. The van der Waals surface area contributed by atoms with Gasteiger partial charge in [-0.2, -0.15) is 0 Å². The topological polar surface area (TPSA) is 83.1 Å². The van der Waals surface area contributed by atoms with E-state index in [1.807, 2.05) is 27.7 Å². The van der Waals surface area contributed by atoms with Crippen LogP contribution in [0.15, 0.2) is 0 Å². The monoisotopic (exact) mass is 361 g/mol. The van der Waals surface area contributed by atoms with E-state index in [1.165, 1.54) is 0 Å². The first-order chi connectivity index (χ1) is 12.0. The summed E-state index contributed by atoms with van der Waals surface area (Å²) in [5, 5.41) is 2.82. The summed E-state index contributed by atoms with van der Waals surface area (Å²) in [5.41, 5.74) is 0. The second-order valence-corrected chi connectivity index (χ2v) is 6.11. The third-order valence-electron chi connectivity index (χ3n) is 3.61. The zero-order valence-electron chi connectivity index (χ0n) is 16.2. The van der Waals surface area contributed by atoms with Crippen LogP contribution in [0.25, 0.3) is 0 Å². The van der Waals surface area contributed by atoms with Crippen LogP contribution < -0.4 is 5.32 Å². The van der Waals surface area contributed by atoms with E-state index in [-0.39, 0.29) is 30.1 Å². The Morgan fingerprint density at radius 1 is 0.800 bits per heavy atom. The zero-order chi connectivity index (χ0) is 18.9. The summed E-state index contributed by atoms with van der Waals surface area (Å²) in [4.78, 5) is 22.8. The molecule has 0 aliphatic rings. The number of hydrogen-bond donors (Lipinski definition) is 1. The number of Topliss-reactive ketones (excluding diaryl/α,β-unsaturated/α-hetero) is 1. The zero-order valence-corrected chi connectivity index (χ0v) is 16.2. The second kappa shape index (κ2) is 16.4. The fourth-order valence-corrected chi connectivity index (χ4v) is 1.61. The number of ether oxygens (including phenoxy) is 4. The quantitative estimate of drug-likeness (QED) is 0.395. The van der Waals surface area contributed by atoms with E-state index in [0.29, 0.717) is 52.8 Å². The standard InChI is InChI=1S/C18H35NO6/c1-5-16(4)18(21)19-6-7-22-8-9-23-10-11-24-12-13-25-14-17(20)15(2)3/h15-16H,5-14H2,1-4H3,(H,19,21). The Kier molecular flexibility index (Phi) is 15.8. The average molecular weight is 361 g/mol. The molecule has 7 heteroatoms. The molecule has 7 nitrogen and oxygen atoms in total. The highest BCUT2D eigenvalue weighted by Gasteiger charge is 2.08. The van der Waals surface area contributed by atoms with Crippen LogP contribution in [0.2, 0.25) is 0 Å². The first kappa shape index (κ1) is 24.0. The van der Waals surface area contributed by atoms with Crippen molar-refractivity contribution in [1.29, 1.82) is 0 Å². The van der Waals surface area contributed by atoms with Crippen LogP contribution in [0.5, 0.6) is 0 Å². The molecule has 1 unspecified atom stereocenters. The molecule has 0 aliphatic heterocycles. The van der Waals surface area contributed by atoms with Crippen molar-refractivity contribution in [3.05, 3.63) is 0 Å². The largest absolute Gasteiger partial charge is 0.377 e. The highest BCUT2D eigenvalue weighted by atomic mass is 16.6. The van der Waals surface area contributed by atoms with Crippen molar-refractivity contribution >= 4 is 11.7 Å². The molecule has 0 aromatic heterocycles. The Balaban J connectivity index is 3.19. The Morgan fingerprint density at radius 2 is 1.28 bits per heavy atom. The average Bonchev–Trinajstić information content (AvgIpc) is 2.60. The molecular weight excluding hydrogens is 326 g/mol. The summed E-state index contributed by atoms with van der Waals surface area (Å²) in [7, 11) is 0. The van der Waals surface area contributed by atoms with Gasteiger partial charge in [0.25, 0.3) is 0 Å². The Bertz CT molecular complexity index is 348. The van der Waals surface area contributed by atoms with Gasteiger partial charge in [0.1, 0.15) is 6.61 Å². The van der Waals surface area contributed by atoms with Crippen molar-refractivity contribution in [2.75, 3.05) is 59.4 Å². The van der Waals surface area contributed by atoms with E-state index < -0.39 is 0 Å². The van der Waals surface area contributed by atoms with Crippen LogP contribution in [-0.2, 0) is 28.5 Å². The Labute approximate surface area is 151 Å². The Hall–Kier alpha value is -1.02. The maximum atomic E-state index is 11.5. The van der Waals surface area contributed by atoms with Gasteiger partial charge in [0.2, 0.25) is 5.91 Å². The second-order valence-electron chi connectivity index (χ2n) is 6.11. The van der Waals surface area contributed by atoms with Crippen molar-refractivity contribution in [2.45, 2.75) is 34.1 Å². The smallest absolute Gasteiger partial charge is 0.222 e. The molecule has 0 saturated carbocycles. The number of amides is 1. The van der Waals surface area contributed by atoms with Gasteiger partial charge in [-0.15, -0.1) is 0 Å². The molecule has 0 saturated heterocycles. The number of ketones is 1. The lowest BCUT2D eigenvalue weighted by Gasteiger charge is -2.10. The molecule has 0 aromatic carbocycles. The number of rotatable bonds is 17. The molecule has 0 spiro atoms. The van der Waals surface area contributed by atoms with Gasteiger partial charge in [-0.05, 0) is 6.42 Å². The van der Waals surface area contributed by atoms with Crippen LogP contribution in [-0.4, -0.2) is 71.1 Å². The van der Waals surface area contributed by atoms with Crippen LogP contribution >= 0.6 is 0 Å². The summed E-state index contributed by atoms with van der Waals surface area (Å²) < 4.78 is 21.3. The summed E-state index contributed by atoms with van der Waals surface area (Å²) in [6.07, 6.45) is 0.838. The molecule has 0 rings (SSSR count). The van der Waals surface area contributed by atoms with Crippen LogP contribution in [0, 0.1) is 11.8 Å². The van der Waals surface area contributed by atoms with E-state index in [2.05, 4.69) is 5.32 Å². The van der Waals surface area contributed by atoms with Gasteiger partial charge in [0.15, 0.2) is 5.78 Å². The van der Waals surface area contributed by atoms with Gasteiger partial charge in [-0.3, -0.25) is 9.59 Å². The van der Waals surface area contributed by atoms with E-state index in [1.54, 1.807) is 0 Å². The minimum Gasteiger partial charge on any atom is -0.377 e. The first-order valence-electron chi connectivity index (χ1n) is 9.10. The predicted octanol–water partition coefficient (Wildman–Crippen LogP) is 1.44. The van der Waals surface area contributed by atoms with E-state index >= 15 is 0 Å². The SMILES string of the molecule is CCC(C)C(=O)NCCOCCOCCOCCOCC(=O)C(C)C. The predicted molar refractivity (Wildman–Crippen MR) is 95.6 cm³/mol. The Morgan fingerprint density at radius 3 is 1.76 bits per heavy atom. The van der Waals surface area contributed by atoms with Crippen LogP contribution in [0.3, 0.4) is 0 Å². The van der Waals surface area contributed by atoms with E-state index in [4.69, 9.17) is 18.9 Å². The lowest BCUT2D eigenvalue weighted by molar-refractivity contribution is -0.127. The van der Waals surface area contributed by atoms with Crippen molar-refractivity contribution in [3.8, 4) is 0 Å². The lowest BCUT2D eigenvalue weighted by atomic mass is 10.1. The molecule has 0 radical (unpaired) electrons. The van der Waals surface area contributed by atoms with Crippen molar-refractivity contribution in [3.63, 3.8) is 0 Å². The first-order valence-corrected chi connectivity index (χ1v) is 9.10. The molecule has 0 fully saturated rings. The van der Waals surface area contributed by atoms with Gasteiger partial charge in [-0.25, -0.2) is 0 Å². The number of carbonyl (C=O) groups is 2. The number of carbonyl (C=O) groups excluding carboxylic acids is 2. The number of hydrogen-bond acceptors (Lipinski definition) is 6. The number of nitrogens with one attached hydrogen (secondary N) is 1. The minimum absolute atomic E-state index is 0.00714. The van der Waals surface area contributed by atoms with Crippen molar-refractivity contribution in [1.82, 2.24) is 5.32 Å². The van der Waals surface area contributed by atoms with E-state index in [9.17, 15) is 9.59 Å². The molecule has 1 N–H and O–H groups in total. The fraction of sp³-hybridized carbons (Fsp3) is 0.889. The molecule has 25 heavy (non-hydrogen) atoms. The normalized spacial score (nSPS) is 12.4. The molecule has 0 bridgehead atoms. The molecule has 0 aliphatic carbocycles. The maximum Gasteiger partial charge on any atom is 0.222 e. The van der Waals surface area contributed by atoms with Gasteiger partial charge >= 0.3 is 0 Å². The summed E-state index contributed by atoms with van der Waals surface area (Å²) in [5.74, 6) is 0.219. The molecule has 1 amide bonds. The van der Waals surface area contributed by atoms with Gasteiger partial charge in [0.05, 0.1) is 46.2 Å². The van der Waals surface area contributed by atoms with E-state index in [0.717, 1.165) is 6.42 Å². The minimum atomic E-state index is 0.00714. The van der Waals surface area contributed by atoms with Gasteiger partial charge in [0, 0.05) is 18.4 Å². The molecule has 0 aromatic rings. The molecule has 1 atom stereocenters. The summed E-state index contributed by atoms with van der Waals surface area (Å²) >= 11 is 0. The van der Waals surface area contributed by atoms with Crippen LogP contribution in [0.1, 0.15) is 34.1 Å². The fourth-order valence-electron chi connectivity index (χ4n) is 1.61. The highest BCUT2D eigenvalue weighted by molar-refractivity contribution is 5.81. The lowest BCUT2D eigenvalue weighted by Crippen LogP contribution is -2.31. The molecular formula is C18H35NO6. The van der Waals surface area contributed by atoms with Gasteiger partial charge in [-0.1, -0.05) is 27.7 Å². The highest BCUT2D eigenvalue weighted by Crippen LogP contribution is 1.98. The third kappa shape index (κ3) is 15.0. The van der Waals surface area contributed by atoms with Gasteiger partial charge < -0.3 is 24.3 Å². The molecule has 148 valence electrons. The van der Waals surface area contributed by atoms with Crippen molar-refractivity contribution < 1.29 is 28.5 Å². The summed E-state index contributed by atoms with van der Waals surface area (Å²) in [6.45, 7) is 11.5. The third-order valence-corrected chi connectivity index (χ3v) is 3.61. The van der Waals surface area contributed by atoms with Crippen molar-refractivity contribution in [2.24, 2.45) is 11.8 Å². The van der Waals surface area contributed by atoms with Crippen LogP contribution in [0.4, 0.5) is 0 Å². The molecule has 0 heterocycles.